The molecule has 0 aliphatic carbocycles. The topological polar surface area (TPSA) is 0 Å². The lowest BCUT2D eigenvalue weighted by Gasteiger charge is -2.16. The second kappa shape index (κ2) is 39.9. The summed E-state index contributed by atoms with van der Waals surface area (Å²) in [5.74, 6) is 1.95. The van der Waals surface area contributed by atoms with Crippen LogP contribution in [0.5, 0.6) is 0 Å². The number of unbranched alkanes of at least 4 members (excludes halogenated alkanes) is 8. The van der Waals surface area contributed by atoms with Gasteiger partial charge >= 0.3 is 0 Å². The largest absolute Gasteiger partial charge is 0.0999 e. The minimum absolute atomic E-state index is 0.940. The Morgan fingerprint density at radius 3 is 1.41 bits per heavy atom. The van der Waals surface area contributed by atoms with Crippen molar-refractivity contribution in [2.75, 3.05) is 0 Å². The molecule has 0 aromatic carbocycles. The van der Waals surface area contributed by atoms with Crippen LogP contribution in [0.4, 0.5) is 0 Å². The van der Waals surface area contributed by atoms with Gasteiger partial charge in [-0.2, -0.15) is 0 Å². The first-order valence-corrected chi connectivity index (χ1v) is 16.3. The van der Waals surface area contributed by atoms with Crippen LogP contribution in [-0.2, 0) is 0 Å². The molecule has 0 bridgehead atoms. The molecule has 210 valence electrons. The molecule has 0 saturated carbocycles. The maximum atomic E-state index is 4.36. The molecule has 0 saturated heterocycles. The van der Waals surface area contributed by atoms with Crippen molar-refractivity contribution in [2.24, 2.45) is 11.8 Å². The third kappa shape index (κ3) is 33.9. The van der Waals surface area contributed by atoms with E-state index in [4.69, 9.17) is 0 Å². The lowest BCUT2D eigenvalue weighted by Crippen LogP contribution is -2.00. The molecule has 0 heterocycles. The van der Waals surface area contributed by atoms with E-state index >= 15 is 0 Å². The summed E-state index contributed by atoms with van der Waals surface area (Å²) in [6.07, 6.45) is 28.2. The minimum Gasteiger partial charge on any atom is -0.0999 e. The zero-order valence-electron chi connectivity index (χ0n) is 26.5. The molecule has 0 amide bonds. The van der Waals surface area contributed by atoms with Gasteiger partial charge in [0.2, 0.25) is 0 Å². The first-order valence-electron chi connectivity index (χ1n) is 16.3. The molecular weight excluding hydrogens is 408 g/mol. The van der Waals surface area contributed by atoms with E-state index in [1.54, 1.807) is 0 Å². The van der Waals surface area contributed by atoms with E-state index in [0.717, 1.165) is 11.8 Å². The highest BCUT2D eigenvalue weighted by Crippen LogP contribution is 2.24. The van der Waals surface area contributed by atoms with E-state index in [0.29, 0.717) is 0 Å². The van der Waals surface area contributed by atoms with Gasteiger partial charge in [0.05, 0.1) is 0 Å². The lowest BCUT2D eigenvalue weighted by molar-refractivity contribution is 0.378. The summed E-state index contributed by atoms with van der Waals surface area (Å²) < 4.78 is 0. The summed E-state index contributed by atoms with van der Waals surface area (Å²) in [6.45, 7) is 25.7. The highest BCUT2D eigenvalue weighted by molar-refractivity contribution is 4.94. The SMILES string of the molecule is C=C(CCCCCCCC(CCC)CCCCCC)CCC(CC)CCCC.CC.CC.CC. The van der Waals surface area contributed by atoms with Gasteiger partial charge in [-0.05, 0) is 37.5 Å². The molecular formula is C34H74. The Morgan fingerprint density at radius 2 is 0.912 bits per heavy atom. The van der Waals surface area contributed by atoms with E-state index in [1.807, 2.05) is 41.5 Å². The molecule has 2 unspecified atom stereocenters. The van der Waals surface area contributed by atoms with Gasteiger partial charge in [0.15, 0.2) is 0 Å². The van der Waals surface area contributed by atoms with Gasteiger partial charge in [0.1, 0.15) is 0 Å². The maximum absolute atomic E-state index is 4.36. The van der Waals surface area contributed by atoms with Crippen LogP contribution in [-0.4, -0.2) is 0 Å². The Hall–Kier alpha value is -0.260. The first kappa shape index (κ1) is 40.9. The van der Waals surface area contributed by atoms with Crippen molar-refractivity contribution in [3.05, 3.63) is 12.2 Å². The van der Waals surface area contributed by atoms with Crippen molar-refractivity contribution in [3.8, 4) is 0 Å². The van der Waals surface area contributed by atoms with Gasteiger partial charge in [-0.25, -0.2) is 0 Å². The second-order valence-corrected chi connectivity index (χ2v) is 9.52. The van der Waals surface area contributed by atoms with E-state index in [1.165, 1.54) is 134 Å². The van der Waals surface area contributed by atoms with Crippen LogP contribution in [0.15, 0.2) is 12.2 Å². The van der Waals surface area contributed by atoms with E-state index < -0.39 is 0 Å². The molecule has 0 radical (unpaired) electrons. The number of allylic oxidation sites excluding steroid dienone is 1. The van der Waals surface area contributed by atoms with Gasteiger partial charge in [-0.3, -0.25) is 0 Å². The molecule has 0 aromatic heterocycles. The summed E-state index contributed by atoms with van der Waals surface area (Å²) in [5.41, 5.74) is 1.52. The minimum atomic E-state index is 0.940. The van der Waals surface area contributed by atoms with Gasteiger partial charge in [0.25, 0.3) is 0 Å². The average molecular weight is 483 g/mol. The predicted octanol–water partition coefficient (Wildman–Crippen LogP) is 13.7. The van der Waals surface area contributed by atoms with Crippen LogP contribution in [0, 0.1) is 11.8 Å². The quantitative estimate of drug-likeness (QED) is 0.106. The molecule has 0 fully saturated rings. The second-order valence-electron chi connectivity index (χ2n) is 9.52. The molecule has 0 aromatic rings. The fraction of sp³-hybridized carbons (Fsp3) is 0.941. The van der Waals surface area contributed by atoms with Crippen molar-refractivity contribution in [1.29, 1.82) is 0 Å². The van der Waals surface area contributed by atoms with Gasteiger partial charge in [-0.15, -0.1) is 0 Å². The van der Waals surface area contributed by atoms with E-state index in [9.17, 15) is 0 Å². The Morgan fingerprint density at radius 1 is 0.441 bits per heavy atom. The lowest BCUT2D eigenvalue weighted by atomic mass is 9.90. The third-order valence-corrected chi connectivity index (χ3v) is 6.75. The van der Waals surface area contributed by atoms with Gasteiger partial charge < -0.3 is 0 Å². The average Bonchev–Trinajstić information content (AvgIpc) is 2.89. The number of hydrogen-bond donors (Lipinski definition) is 0. The molecule has 0 heteroatoms. The summed E-state index contributed by atoms with van der Waals surface area (Å²) in [6, 6.07) is 0. The van der Waals surface area contributed by atoms with Gasteiger partial charge in [-0.1, -0.05) is 184 Å². The smallest absolute Gasteiger partial charge is 0.0320 e. The Kier molecular flexibility index (Phi) is 48.0. The fourth-order valence-corrected chi connectivity index (χ4v) is 4.62. The Balaban J connectivity index is -0.000000689. The van der Waals surface area contributed by atoms with E-state index in [-0.39, 0.29) is 0 Å². The zero-order valence-corrected chi connectivity index (χ0v) is 26.5. The monoisotopic (exact) mass is 483 g/mol. The van der Waals surface area contributed by atoms with Crippen LogP contribution in [0.25, 0.3) is 0 Å². The summed E-state index contributed by atoms with van der Waals surface area (Å²) in [7, 11) is 0. The molecule has 2 atom stereocenters. The summed E-state index contributed by atoms with van der Waals surface area (Å²) in [5, 5.41) is 0. The highest BCUT2D eigenvalue weighted by Gasteiger charge is 2.08. The zero-order chi connectivity index (χ0) is 26.9. The van der Waals surface area contributed by atoms with Crippen LogP contribution in [0.3, 0.4) is 0 Å². The predicted molar refractivity (Wildman–Crippen MR) is 165 cm³/mol. The molecule has 34 heavy (non-hydrogen) atoms. The molecule has 0 nitrogen and oxygen atoms in total. The number of hydrogen-bond acceptors (Lipinski definition) is 0. The van der Waals surface area contributed by atoms with Gasteiger partial charge in [0, 0.05) is 0 Å². The maximum Gasteiger partial charge on any atom is -0.0320 e. The normalized spacial score (nSPS) is 11.7. The van der Waals surface area contributed by atoms with Crippen molar-refractivity contribution < 1.29 is 0 Å². The molecule has 0 N–H and O–H groups in total. The summed E-state index contributed by atoms with van der Waals surface area (Å²) in [4.78, 5) is 0. The standard InChI is InChI=1S/C28H56.3C2H6/c1-6-10-12-17-22-28(19-8-3)23-18-15-13-14-16-20-26(5)24-25-27(9-4)21-11-7-2;3*1-2/h27-28H,5-25H2,1-4H3;3*1-2H3. The van der Waals surface area contributed by atoms with Crippen LogP contribution in [0.2, 0.25) is 0 Å². The van der Waals surface area contributed by atoms with Crippen LogP contribution < -0.4 is 0 Å². The van der Waals surface area contributed by atoms with Crippen molar-refractivity contribution >= 4 is 0 Å². The summed E-state index contributed by atoms with van der Waals surface area (Å²) >= 11 is 0. The highest BCUT2D eigenvalue weighted by atomic mass is 14.1. The third-order valence-electron chi connectivity index (χ3n) is 6.75. The van der Waals surface area contributed by atoms with Crippen molar-refractivity contribution in [1.82, 2.24) is 0 Å². The van der Waals surface area contributed by atoms with Crippen molar-refractivity contribution in [2.45, 2.75) is 198 Å². The first-order chi connectivity index (χ1) is 16.7. The fourth-order valence-electron chi connectivity index (χ4n) is 4.62. The molecule has 0 rings (SSSR count). The Labute approximate surface area is 221 Å². The van der Waals surface area contributed by atoms with Crippen LogP contribution in [0.1, 0.15) is 198 Å². The van der Waals surface area contributed by atoms with Crippen LogP contribution >= 0.6 is 0 Å². The van der Waals surface area contributed by atoms with Crippen molar-refractivity contribution in [3.63, 3.8) is 0 Å². The molecule has 0 aliphatic rings. The molecule has 0 spiro atoms. The number of rotatable bonds is 22. The molecule has 0 aliphatic heterocycles. The Bertz CT molecular complexity index is 316. The van der Waals surface area contributed by atoms with E-state index in [2.05, 4.69) is 34.3 Å².